The van der Waals surface area contributed by atoms with Gasteiger partial charge in [-0.05, 0) is 35.9 Å². The van der Waals surface area contributed by atoms with Gasteiger partial charge in [-0.3, -0.25) is 4.79 Å². The quantitative estimate of drug-likeness (QED) is 0.471. The zero-order chi connectivity index (χ0) is 20.5. The van der Waals surface area contributed by atoms with Gasteiger partial charge in [0.15, 0.2) is 12.0 Å². The van der Waals surface area contributed by atoms with Crippen LogP contribution in [-0.4, -0.2) is 66.5 Å². The van der Waals surface area contributed by atoms with Crippen LogP contribution in [0.25, 0.3) is 5.78 Å². The predicted molar refractivity (Wildman–Crippen MR) is 104 cm³/mol. The monoisotopic (exact) mass is 396 g/mol. The van der Waals surface area contributed by atoms with Gasteiger partial charge >= 0.3 is 5.82 Å². The lowest BCUT2D eigenvalue weighted by Crippen LogP contribution is -2.49. The third-order valence-corrected chi connectivity index (χ3v) is 4.89. The van der Waals surface area contributed by atoms with Gasteiger partial charge in [0.2, 0.25) is 5.91 Å². The lowest BCUT2D eigenvalue weighted by Gasteiger charge is -2.35. The first-order valence-electron chi connectivity index (χ1n) is 9.24. The van der Waals surface area contributed by atoms with E-state index >= 15 is 0 Å². The number of fused-ring (bicyclic) bond motifs is 1. The highest BCUT2D eigenvalue weighted by atomic mass is 16.6. The van der Waals surface area contributed by atoms with Crippen molar-refractivity contribution in [2.75, 3.05) is 31.1 Å². The molecule has 1 saturated heterocycles. The van der Waals surface area contributed by atoms with Crippen LogP contribution in [0.5, 0.6) is 0 Å². The summed E-state index contributed by atoms with van der Waals surface area (Å²) in [7, 11) is 0. The molecule has 1 aliphatic rings. The summed E-state index contributed by atoms with van der Waals surface area (Å²) in [4.78, 5) is 39.3. The van der Waals surface area contributed by atoms with E-state index in [9.17, 15) is 14.9 Å². The van der Waals surface area contributed by atoms with Crippen LogP contribution in [-0.2, 0) is 11.2 Å². The van der Waals surface area contributed by atoms with Crippen molar-refractivity contribution in [1.29, 1.82) is 0 Å². The maximum Gasteiger partial charge on any atom is 0.363 e. The van der Waals surface area contributed by atoms with Crippen LogP contribution >= 0.6 is 0 Å². The number of rotatable bonds is 4. The Labute approximate surface area is 166 Å². The zero-order valence-corrected chi connectivity index (χ0v) is 16.1. The summed E-state index contributed by atoms with van der Waals surface area (Å²) < 4.78 is 1.65. The molecule has 1 aliphatic heterocycles. The molecule has 3 aromatic rings. The Morgan fingerprint density at radius 1 is 1.17 bits per heavy atom. The minimum absolute atomic E-state index is 0.0308. The molecule has 0 aromatic carbocycles. The van der Waals surface area contributed by atoms with Gasteiger partial charge in [0.25, 0.3) is 5.78 Å². The average molecular weight is 396 g/mol. The van der Waals surface area contributed by atoms with E-state index in [4.69, 9.17) is 0 Å². The number of hydrogen-bond donors (Lipinski definition) is 0. The lowest BCUT2D eigenvalue weighted by atomic mass is 10.2. The second-order valence-corrected chi connectivity index (χ2v) is 6.96. The highest BCUT2D eigenvalue weighted by Gasteiger charge is 2.24. The topological polar surface area (TPSA) is 123 Å². The Kier molecular flexibility index (Phi) is 4.79. The number of piperazine rings is 1. The summed E-state index contributed by atoms with van der Waals surface area (Å²) in [5.41, 5.74) is 2.59. The molecule has 3 aromatic heterocycles. The first-order chi connectivity index (χ1) is 13.9. The number of aryl methyl sites for hydroxylation is 2. The van der Waals surface area contributed by atoms with Crippen LogP contribution in [0.3, 0.4) is 0 Å². The number of nitro groups is 1. The van der Waals surface area contributed by atoms with Crippen molar-refractivity contribution < 1.29 is 9.72 Å². The molecule has 0 spiro atoms. The van der Waals surface area contributed by atoms with Crippen LogP contribution in [0.1, 0.15) is 17.2 Å². The second kappa shape index (κ2) is 7.41. The maximum atomic E-state index is 12.7. The van der Waals surface area contributed by atoms with Gasteiger partial charge in [-0.1, -0.05) is 0 Å². The molecule has 1 amide bonds. The van der Waals surface area contributed by atoms with Crippen LogP contribution in [0.4, 0.5) is 11.5 Å². The highest BCUT2D eigenvalue weighted by molar-refractivity contribution is 5.78. The van der Waals surface area contributed by atoms with E-state index in [0.29, 0.717) is 37.8 Å². The van der Waals surface area contributed by atoms with E-state index in [0.717, 1.165) is 17.1 Å². The standard InChI is InChI=1S/C18H20N8O3/c1-12-9-13(2)25-18(20-12)21-15(22-25)10-17(27)24-7-5-23(6-8-24)14-3-4-16(19-11-14)26(28)29/h3-4,9,11H,5-8,10H2,1-2H3. The Bertz CT molecular complexity index is 1070. The molecule has 11 nitrogen and oxygen atoms in total. The molecule has 0 N–H and O–H groups in total. The van der Waals surface area contributed by atoms with Crippen molar-refractivity contribution in [3.8, 4) is 0 Å². The van der Waals surface area contributed by atoms with Gasteiger partial charge in [0, 0.05) is 43.6 Å². The molecule has 0 aliphatic carbocycles. The Balaban J connectivity index is 1.38. The number of carbonyl (C=O) groups is 1. The van der Waals surface area contributed by atoms with E-state index < -0.39 is 4.92 Å². The van der Waals surface area contributed by atoms with Crippen molar-refractivity contribution in [1.82, 2.24) is 29.5 Å². The fourth-order valence-corrected chi connectivity index (χ4v) is 3.42. The number of aromatic nitrogens is 5. The number of amides is 1. The van der Waals surface area contributed by atoms with Crippen LogP contribution in [0, 0.1) is 24.0 Å². The first kappa shape index (κ1) is 18.7. The number of carbonyl (C=O) groups excluding carboxylic acids is 1. The van der Waals surface area contributed by atoms with Crippen molar-refractivity contribution in [3.63, 3.8) is 0 Å². The predicted octanol–water partition coefficient (Wildman–Crippen LogP) is 0.936. The third-order valence-electron chi connectivity index (χ3n) is 4.89. The molecule has 0 saturated carbocycles. The summed E-state index contributed by atoms with van der Waals surface area (Å²) in [5.74, 6) is 0.748. The zero-order valence-electron chi connectivity index (χ0n) is 16.1. The van der Waals surface area contributed by atoms with E-state index in [2.05, 4.69) is 25.0 Å². The number of hydrogen-bond acceptors (Lipinski definition) is 8. The van der Waals surface area contributed by atoms with Gasteiger partial charge in [-0.2, -0.15) is 4.98 Å². The molecule has 0 radical (unpaired) electrons. The molecule has 0 atom stereocenters. The average Bonchev–Trinajstić information content (AvgIpc) is 3.10. The largest absolute Gasteiger partial charge is 0.365 e. The van der Waals surface area contributed by atoms with Gasteiger partial charge in [-0.25, -0.2) is 9.50 Å². The highest BCUT2D eigenvalue weighted by Crippen LogP contribution is 2.18. The Hall–Kier alpha value is -3.63. The molecule has 4 heterocycles. The summed E-state index contributed by atoms with van der Waals surface area (Å²) in [5, 5.41) is 15.1. The SMILES string of the molecule is Cc1cc(C)n2nc(CC(=O)N3CCN(c4ccc([N+](=O)[O-])nc4)CC3)nc2n1. The molecule has 29 heavy (non-hydrogen) atoms. The Morgan fingerprint density at radius 3 is 2.59 bits per heavy atom. The molecule has 4 rings (SSSR count). The molecular weight excluding hydrogens is 376 g/mol. The summed E-state index contributed by atoms with van der Waals surface area (Å²) in [6.07, 6.45) is 1.62. The van der Waals surface area contributed by atoms with Crippen molar-refractivity contribution in [3.05, 3.63) is 51.7 Å². The third kappa shape index (κ3) is 3.84. The molecule has 0 unspecified atom stereocenters. The molecule has 0 bridgehead atoms. The fourth-order valence-electron chi connectivity index (χ4n) is 3.42. The number of anilines is 1. The lowest BCUT2D eigenvalue weighted by molar-refractivity contribution is -0.389. The maximum absolute atomic E-state index is 12.7. The molecular formula is C18H20N8O3. The summed E-state index contributed by atoms with van der Waals surface area (Å²) in [6, 6.07) is 4.99. The van der Waals surface area contributed by atoms with Gasteiger partial charge < -0.3 is 19.9 Å². The van der Waals surface area contributed by atoms with Crippen LogP contribution < -0.4 is 4.90 Å². The van der Waals surface area contributed by atoms with Crippen LogP contribution in [0.2, 0.25) is 0 Å². The van der Waals surface area contributed by atoms with E-state index in [1.54, 1.807) is 15.5 Å². The fraction of sp³-hybridized carbons (Fsp3) is 0.389. The molecule has 150 valence electrons. The van der Waals surface area contributed by atoms with Crippen molar-refractivity contribution in [2.24, 2.45) is 0 Å². The minimum atomic E-state index is -0.522. The minimum Gasteiger partial charge on any atom is -0.365 e. The molecule has 1 fully saturated rings. The van der Waals surface area contributed by atoms with E-state index in [1.807, 2.05) is 19.9 Å². The van der Waals surface area contributed by atoms with Crippen molar-refractivity contribution >= 4 is 23.2 Å². The Morgan fingerprint density at radius 2 is 1.93 bits per heavy atom. The molecule has 11 heteroatoms. The second-order valence-electron chi connectivity index (χ2n) is 6.96. The van der Waals surface area contributed by atoms with Gasteiger partial charge in [0.1, 0.15) is 0 Å². The van der Waals surface area contributed by atoms with E-state index in [-0.39, 0.29) is 18.1 Å². The normalized spacial score (nSPS) is 14.4. The number of nitrogens with zero attached hydrogens (tertiary/aromatic N) is 8. The summed E-state index contributed by atoms with van der Waals surface area (Å²) in [6.45, 7) is 6.19. The summed E-state index contributed by atoms with van der Waals surface area (Å²) >= 11 is 0. The van der Waals surface area contributed by atoms with Crippen LogP contribution in [0.15, 0.2) is 24.4 Å². The van der Waals surface area contributed by atoms with Gasteiger partial charge in [0.05, 0.1) is 12.1 Å². The number of pyridine rings is 1. The van der Waals surface area contributed by atoms with Gasteiger partial charge in [-0.15, -0.1) is 5.10 Å². The van der Waals surface area contributed by atoms with Crippen molar-refractivity contribution in [2.45, 2.75) is 20.3 Å². The van der Waals surface area contributed by atoms with E-state index in [1.165, 1.54) is 12.3 Å². The smallest absolute Gasteiger partial charge is 0.363 e. The first-order valence-corrected chi connectivity index (χ1v) is 9.24.